The first-order valence-corrected chi connectivity index (χ1v) is 7.69. The zero-order chi connectivity index (χ0) is 14.0. The van der Waals surface area contributed by atoms with E-state index < -0.39 is 0 Å². The summed E-state index contributed by atoms with van der Waals surface area (Å²) in [4.78, 5) is 6.85. The van der Waals surface area contributed by atoms with Gasteiger partial charge in [-0.15, -0.1) is 0 Å². The molecule has 0 atom stereocenters. The van der Waals surface area contributed by atoms with Gasteiger partial charge >= 0.3 is 0 Å². The average Bonchev–Trinajstić information content (AvgIpc) is 2.32. The number of aryl methyl sites for hydroxylation is 1. The van der Waals surface area contributed by atoms with E-state index in [2.05, 4.69) is 59.6 Å². The van der Waals surface area contributed by atoms with E-state index in [4.69, 9.17) is 4.74 Å². The zero-order valence-corrected chi connectivity index (χ0v) is 13.8. The maximum Gasteiger partial charge on any atom is 0.128 e. The van der Waals surface area contributed by atoms with Crippen molar-refractivity contribution in [2.75, 3.05) is 18.0 Å². The van der Waals surface area contributed by atoms with Gasteiger partial charge in [-0.25, -0.2) is 4.98 Å². The summed E-state index contributed by atoms with van der Waals surface area (Å²) in [5.41, 5.74) is 1.19. The Morgan fingerprint density at radius 2 is 1.95 bits per heavy atom. The largest absolute Gasteiger partial charge is 0.372 e. The van der Waals surface area contributed by atoms with Crippen molar-refractivity contribution in [1.82, 2.24) is 4.98 Å². The number of hydrogen-bond acceptors (Lipinski definition) is 3. The number of pyridine rings is 1. The molecule has 0 saturated carbocycles. The number of aromatic nitrogens is 1. The topological polar surface area (TPSA) is 25.4 Å². The Morgan fingerprint density at radius 1 is 1.32 bits per heavy atom. The van der Waals surface area contributed by atoms with Crippen LogP contribution in [-0.4, -0.2) is 29.8 Å². The van der Waals surface area contributed by atoms with Crippen LogP contribution in [0.2, 0.25) is 0 Å². The Bertz CT molecular complexity index is 434. The molecular weight excluding hydrogens is 304 g/mol. The van der Waals surface area contributed by atoms with Gasteiger partial charge < -0.3 is 9.64 Å². The number of ether oxygens (including phenoxy) is 1. The van der Waals surface area contributed by atoms with Crippen molar-refractivity contribution in [2.45, 2.75) is 52.2 Å². The Kier molecular flexibility index (Phi) is 4.51. The summed E-state index contributed by atoms with van der Waals surface area (Å²) in [5, 5.41) is 0. The lowest BCUT2D eigenvalue weighted by atomic mass is 10.1. The molecule has 0 aromatic carbocycles. The molecule has 0 bridgehead atoms. The van der Waals surface area contributed by atoms with Gasteiger partial charge in [0.2, 0.25) is 0 Å². The van der Waals surface area contributed by atoms with Crippen molar-refractivity contribution in [3.63, 3.8) is 0 Å². The average molecular weight is 327 g/mol. The number of halogens is 1. The first kappa shape index (κ1) is 14.8. The highest BCUT2D eigenvalue weighted by molar-refractivity contribution is 9.10. The van der Waals surface area contributed by atoms with Gasteiger partial charge in [-0.2, -0.15) is 0 Å². The molecule has 3 nitrogen and oxygen atoms in total. The van der Waals surface area contributed by atoms with E-state index in [1.165, 1.54) is 5.56 Å². The SMILES string of the molecule is Cc1cc(N2CCC(OC(C)(C)C)CC2)ncc1Br. The fourth-order valence-corrected chi connectivity index (χ4v) is 2.62. The zero-order valence-electron chi connectivity index (χ0n) is 12.2. The first-order chi connectivity index (χ1) is 8.85. The number of anilines is 1. The normalized spacial score (nSPS) is 17.8. The summed E-state index contributed by atoms with van der Waals surface area (Å²) >= 11 is 3.49. The Balaban J connectivity index is 1.94. The Hall–Kier alpha value is -0.610. The van der Waals surface area contributed by atoms with Crippen LogP contribution < -0.4 is 4.90 Å². The molecule has 1 saturated heterocycles. The summed E-state index contributed by atoms with van der Waals surface area (Å²) in [6.45, 7) is 10.5. The second-order valence-corrected chi connectivity index (χ2v) is 7.06. The van der Waals surface area contributed by atoms with Crippen LogP contribution in [-0.2, 0) is 4.74 Å². The number of piperidine rings is 1. The summed E-state index contributed by atoms with van der Waals surface area (Å²) in [5.74, 6) is 1.08. The molecule has 19 heavy (non-hydrogen) atoms. The third kappa shape index (κ3) is 4.18. The van der Waals surface area contributed by atoms with Crippen LogP contribution in [0.25, 0.3) is 0 Å². The van der Waals surface area contributed by atoms with Gasteiger partial charge in [0.15, 0.2) is 0 Å². The minimum absolute atomic E-state index is 0.0424. The maximum atomic E-state index is 6.05. The highest BCUT2D eigenvalue weighted by Gasteiger charge is 2.24. The summed E-state index contributed by atoms with van der Waals surface area (Å²) in [7, 11) is 0. The molecule has 106 valence electrons. The lowest BCUT2D eigenvalue weighted by molar-refractivity contribution is -0.0683. The molecule has 0 aliphatic carbocycles. The van der Waals surface area contributed by atoms with Crippen LogP contribution in [0.5, 0.6) is 0 Å². The molecule has 0 spiro atoms. The van der Waals surface area contributed by atoms with E-state index in [1.807, 2.05) is 6.20 Å². The minimum Gasteiger partial charge on any atom is -0.372 e. The molecule has 0 amide bonds. The van der Waals surface area contributed by atoms with Crippen molar-refractivity contribution in [1.29, 1.82) is 0 Å². The molecule has 0 unspecified atom stereocenters. The van der Waals surface area contributed by atoms with Crippen LogP contribution in [0.1, 0.15) is 39.2 Å². The van der Waals surface area contributed by atoms with E-state index in [0.29, 0.717) is 6.10 Å². The van der Waals surface area contributed by atoms with Crippen molar-refractivity contribution in [3.8, 4) is 0 Å². The maximum absolute atomic E-state index is 6.05. The third-order valence-corrected chi connectivity index (χ3v) is 4.15. The van der Waals surface area contributed by atoms with Gasteiger partial charge in [0.1, 0.15) is 5.82 Å². The predicted molar refractivity (Wildman–Crippen MR) is 82.7 cm³/mol. The fourth-order valence-electron chi connectivity index (χ4n) is 2.40. The molecule has 2 rings (SSSR count). The van der Waals surface area contributed by atoms with Gasteiger partial charge in [-0.1, -0.05) is 0 Å². The second kappa shape index (κ2) is 5.80. The highest BCUT2D eigenvalue weighted by Crippen LogP contribution is 2.25. The van der Waals surface area contributed by atoms with Crippen molar-refractivity contribution in [2.24, 2.45) is 0 Å². The minimum atomic E-state index is -0.0424. The molecule has 1 aromatic rings. The van der Waals surface area contributed by atoms with Gasteiger partial charge in [0.25, 0.3) is 0 Å². The predicted octanol–water partition coefficient (Wildman–Crippen LogP) is 3.94. The van der Waals surface area contributed by atoms with Crippen LogP contribution >= 0.6 is 15.9 Å². The van der Waals surface area contributed by atoms with Crippen LogP contribution in [0.3, 0.4) is 0 Å². The molecule has 0 N–H and O–H groups in total. The molecule has 0 radical (unpaired) electrons. The lowest BCUT2D eigenvalue weighted by Gasteiger charge is -2.36. The second-order valence-electron chi connectivity index (χ2n) is 6.21. The summed E-state index contributed by atoms with van der Waals surface area (Å²) in [6.07, 6.45) is 4.43. The quantitative estimate of drug-likeness (QED) is 0.823. The summed E-state index contributed by atoms with van der Waals surface area (Å²) in [6, 6.07) is 2.15. The van der Waals surface area contributed by atoms with Gasteiger partial charge in [0, 0.05) is 23.8 Å². The monoisotopic (exact) mass is 326 g/mol. The van der Waals surface area contributed by atoms with Gasteiger partial charge in [0.05, 0.1) is 11.7 Å². The van der Waals surface area contributed by atoms with Crippen molar-refractivity contribution in [3.05, 3.63) is 22.3 Å². The Labute approximate surface area is 124 Å². The van der Waals surface area contributed by atoms with Crippen LogP contribution in [0.4, 0.5) is 5.82 Å². The van der Waals surface area contributed by atoms with E-state index >= 15 is 0 Å². The van der Waals surface area contributed by atoms with Gasteiger partial charge in [-0.05, 0) is 68.1 Å². The molecular formula is C15H23BrN2O. The highest BCUT2D eigenvalue weighted by atomic mass is 79.9. The number of rotatable bonds is 2. The number of hydrogen-bond donors (Lipinski definition) is 0. The summed E-state index contributed by atoms with van der Waals surface area (Å²) < 4.78 is 7.12. The third-order valence-electron chi connectivity index (χ3n) is 3.32. The smallest absolute Gasteiger partial charge is 0.128 e. The van der Waals surface area contributed by atoms with E-state index in [1.54, 1.807) is 0 Å². The van der Waals surface area contributed by atoms with Crippen LogP contribution in [0, 0.1) is 6.92 Å². The Morgan fingerprint density at radius 3 is 2.47 bits per heavy atom. The first-order valence-electron chi connectivity index (χ1n) is 6.90. The molecule has 1 fully saturated rings. The standard InChI is InChI=1S/C15H23BrN2O/c1-11-9-14(17-10-13(11)16)18-7-5-12(6-8-18)19-15(2,3)4/h9-10,12H,5-8H2,1-4H3. The lowest BCUT2D eigenvalue weighted by Crippen LogP contribution is -2.40. The molecule has 2 heterocycles. The van der Waals surface area contributed by atoms with E-state index in [-0.39, 0.29) is 5.60 Å². The molecule has 4 heteroatoms. The van der Waals surface area contributed by atoms with E-state index in [9.17, 15) is 0 Å². The molecule has 1 aliphatic rings. The van der Waals surface area contributed by atoms with Crippen molar-refractivity contribution >= 4 is 21.7 Å². The molecule has 1 aliphatic heterocycles. The van der Waals surface area contributed by atoms with Crippen LogP contribution in [0.15, 0.2) is 16.7 Å². The molecule has 1 aromatic heterocycles. The van der Waals surface area contributed by atoms with Crippen molar-refractivity contribution < 1.29 is 4.74 Å². The fraction of sp³-hybridized carbons (Fsp3) is 0.667. The number of nitrogens with zero attached hydrogens (tertiary/aromatic N) is 2. The van der Waals surface area contributed by atoms with E-state index in [0.717, 1.165) is 36.2 Å². The van der Waals surface area contributed by atoms with Gasteiger partial charge in [-0.3, -0.25) is 0 Å².